The predicted molar refractivity (Wildman–Crippen MR) is 66.1 cm³/mol. The van der Waals surface area contributed by atoms with Gasteiger partial charge in [0.05, 0.1) is 5.60 Å². The molecule has 1 N–H and O–H groups in total. The number of hydrogen-bond acceptors (Lipinski definition) is 1. The number of rotatable bonds is 1. The fourth-order valence-corrected chi connectivity index (χ4v) is 6.41. The van der Waals surface area contributed by atoms with Crippen molar-refractivity contribution in [2.45, 2.75) is 65.4 Å². The molecule has 0 radical (unpaired) electrons. The molecule has 0 atom stereocenters. The minimum Gasteiger partial charge on any atom is -0.388 e. The van der Waals surface area contributed by atoms with E-state index in [2.05, 4.69) is 27.7 Å². The normalized spacial score (nSPS) is 59.6. The third kappa shape index (κ3) is 1.02. The molecule has 0 aliphatic heterocycles. The van der Waals surface area contributed by atoms with Gasteiger partial charge >= 0.3 is 0 Å². The van der Waals surface area contributed by atoms with Crippen LogP contribution in [0.2, 0.25) is 0 Å². The summed E-state index contributed by atoms with van der Waals surface area (Å²) in [6.07, 6.45) is 6.53. The van der Waals surface area contributed by atoms with Crippen molar-refractivity contribution in [3.05, 3.63) is 0 Å². The average Bonchev–Trinajstić information content (AvgIpc) is 2.11. The van der Waals surface area contributed by atoms with Gasteiger partial charge in [-0.25, -0.2) is 0 Å². The number of hydrogen-bond donors (Lipinski definition) is 1. The second-order valence-electron chi connectivity index (χ2n) is 7.83. The second kappa shape index (κ2) is 2.85. The molecule has 0 saturated heterocycles. The number of aliphatic hydroxyl groups is 1. The summed E-state index contributed by atoms with van der Waals surface area (Å²) in [6, 6.07) is 0. The highest BCUT2D eigenvalue weighted by Crippen LogP contribution is 2.71. The first-order chi connectivity index (χ1) is 7.31. The van der Waals surface area contributed by atoms with Gasteiger partial charge in [-0.1, -0.05) is 27.7 Å². The van der Waals surface area contributed by atoms with E-state index in [4.69, 9.17) is 0 Å². The van der Waals surface area contributed by atoms with Crippen molar-refractivity contribution in [2.75, 3.05) is 0 Å². The zero-order valence-electron chi connectivity index (χ0n) is 11.2. The summed E-state index contributed by atoms with van der Waals surface area (Å²) in [5.74, 6) is 2.20. The molecule has 0 amide bonds. The molecule has 0 heterocycles. The lowest BCUT2D eigenvalue weighted by atomic mass is 9.36. The Kier molecular flexibility index (Phi) is 1.98. The maximum absolute atomic E-state index is 11.4. The summed E-state index contributed by atoms with van der Waals surface area (Å²) in [6.45, 7) is 9.17. The Morgan fingerprint density at radius 2 is 1.31 bits per heavy atom. The minimum absolute atomic E-state index is 0.194. The molecule has 1 heteroatoms. The summed E-state index contributed by atoms with van der Waals surface area (Å²) in [5.41, 5.74) is -0.0343. The Morgan fingerprint density at radius 1 is 0.938 bits per heavy atom. The van der Waals surface area contributed by atoms with Crippen molar-refractivity contribution >= 4 is 0 Å². The molecular weight excluding hydrogens is 196 g/mol. The molecule has 0 spiro atoms. The van der Waals surface area contributed by atoms with Crippen LogP contribution < -0.4 is 0 Å². The lowest BCUT2D eigenvalue weighted by molar-refractivity contribution is -0.283. The van der Waals surface area contributed by atoms with Gasteiger partial charge in [-0.3, -0.25) is 0 Å². The van der Waals surface area contributed by atoms with Gasteiger partial charge in [-0.2, -0.15) is 0 Å². The van der Waals surface area contributed by atoms with Crippen LogP contribution in [0.1, 0.15) is 59.8 Å². The molecule has 4 rings (SSSR count). The molecule has 4 saturated carbocycles. The fraction of sp³-hybridized carbons (Fsp3) is 1.00. The van der Waals surface area contributed by atoms with E-state index in [1.165, 1.54) is 32.1 Å². The van der Waals surface area contributed by atoms with Crippen LogP contribution in [-0.4, -0.2) is 10.7 Å². The standard InChI is InChI=1S/C15H26O/c1-10(2)15(16)13(3)6-11-5-12(7-13)9-14(15,4)8-11/h10-12,16H,5-9H2,1-4H3. The van der Waals surface area contributed by atoms with Crippen LogP contribution in [0.3, 0.4) is 0 Å². The smallest absolute Gasteiger partial charge is 0.0777 e. The first-order valence-corrected chi connectivity index (χ1v) is 7.03. The Labute approximate surface area is 99.6 Å². The third-order valence-corrected chi connectivity index (χ3v) is 6.30. The summed E-state index contributed by atoms with van der Waals surface area (Å²) < 4.78 is 0. The van der Waals surface area contributed by atoms with Crippen LogP contribution in [0.4, 0.5) is 0 Å². The third-order valence-electron chi connectivity index (χ3n) is 6.30. The monoisotopic (exact) mass is 222 g/mol. The van der Waals surface area contributed by atoms with Crippen molar-refractivity contribution in [3.63, 3.8) is 0 Å². The van der Waals surface area contributed by atoms with Crippen molar-refractivity contribution in [1.29, 1.82) is 0 Å². The maximum Gasteiger partial charge on any atom is 0.0777 e. The minimum atomic E-state index is -0.423. The van der Waals surface area contributed by atoms with Crippen LogP contribution in [0, 0.1) is 28.6 Å². The first-order valence-electron chi connectivity index (χ1n) is 7.03. The Morgan fingerprint density at radius 3 is 1.62 bits per heavy atom. The van der Waals surface area contributed by atoms with E-state index < -0.39 is 5.60 Å². The second-order valence-corrected chi connectivity index (χ2v) is 7.83. The van der Waals surface area contributed by atoms with E-state index in [1.807, 2.05) is 0 Å². The largest absolute Gasteiger partial charge is 0.388 e. The lowest BCUT2D eigenvalue weighted by Gasteiger charge is -2.70. The lowest BCUT2D eigenvalue weighted by Crippen LogP contribution is -2.70. The van der Waals surface area contributed by atoms with Crippen molar-refractivity contribution in [1.82, 2.24) is 0 Å². The first kappa shape index (κ1) is 11.1. The molecule has 0 aromatic heterocycles. The van der Waals surface area contributed by atoms with Gasteiger partial charge in [0.25, 0.3) is 0 Å². The zero-order valence-corrected chi connectivity index (χ0v) is 11.2. The SMILES string of the molecule is CC(C)C1(O)C2(C)CC3CC(C2)CC1(C)C3. The predicted octanol–water partition coefficient (Wildman–Crippen LogP) is 3.61. The highest BCUT2D eigenvalue weighted by atomic mass is 16.3. The molecule has 4 bridgehead atoms. The van der Waals surface area contributed by atoms with E-state index in [1.54, 1.807) is 0 Å². The van der Waals surface area contributed by atoms with E-state index in [9.17, 15) is 5.11 Å². The van der Waals surface area contributed by atoms with Crippen molar-refractivity contribution < 1.29 is 5.11 Å². The topological polar surface area (TPSA) is 20.2 Å². The van der Waals surface area contributed by atoms with Crippen LogP contribution in [0.25, 0.3) is 0 Å². The average molecular weight is 222 g/mol. The van der Waals surface area contributed by atoms with E-state index in [0.29, 0.717) is 5.92 Å². The van der Waals surface area contributed by atoms with Gasteiger partial charge in [0.1, 0.15) is 0 Å². The van der Waals surface area contributed by atoms with E-state index >= 15 is 0 Å². The summed E-state index contributed by atoms with van der Waals surface area (Å²) in [7, 11) is 0. The molecule has 0 aromatic carbocycles. The summed E-state index contributed by atoms with van der Waals surface area (Å²) in [5, 5.41) is 11.4. The fourth-order valence-electron chi connectivity index (χ4n) is 6.41. The molecule has 1 nitrogen and oxygen atoms in total. The Hall–Kier alpha value is -0.0400. The van der Waals surface area contributed by atoms with Crippen molar-refractivity contribution in [3.8, 4) is 0 Å². The molecule has 4 aliphatic carbocycles. The van der Waals surface area contributed by atoms with Crippen LogP contribution in [0.5, 0.6) is 0 Å². The molecule has 0 aromatic rings. The Balaban J connectivity index is 2.11. The quantitative estimate of drug-likeness (QED) is 0.718. The van der Waals surface area contributed by atoms with Gasteiger partial charge in [-0.15, -0.1) is 0 Å². The Bertz CT molecular complexity index is 281. The van der Waals surface area contributed by atoms with Crippen LogP contribution in [0.15, 0.2) is 0 Å². The molecule has 4 aliphatic rings. The van der Waals surface area contributed by atoms with E-state index in [-0.39, 0.29) is 10.8 Å². The van der Waals surface area contributed by atoms with Gasteiger partial charge in [0.15, 0.2) is 0 Å². The molecular formula is C15H26O. The van der Waals surface area contributed by atoms with Crippen LogP contribution in [-0.2, 0) is 0 Å². The molecule has 92 valence electrons. The van der Waals surface area contributed by atoms with Gasteiger partial charge in [0.2, 0.25) is 0 Å². The summed E-state index contributed by atoms with van der Waals surface area (Å²) >= 11 is 0. The summed E-state index contributed by atoms with van der Waals surface area (Å²) in [4.78, 5) is 0. The highest BCUT2D eigenvalue weighted by molar-refractivity contribution is 5.18. The van der Waals surface area contributed by atoms with Crippen molar-refractivity contribution in [2.24, 2.45) is 28.6 Å². The van der Waals surface area contributed by atoms with Gasteiger partial charge in [0, 0.05) is 0 Å². The maximum atomic E-state index is 11.4. The van der Waals surface area contributed by atoms with Crippen LogP contribution >= 0.6 is 0 Å². The molecule has 0 unspecified atom stereocenters. The highest BCUT2D eigenvalue weighted by Gasteiger charge is 2.68. The van der Waals surface area contributed by atoms with Gasteiger partial charge in [-0.05, 0) is 60.7 Å². The molecule has 4 fully saturated rings. The van der Waals surface area contributed by atoms with Gasteiger partial charge < -0.3 is 5.11 Å². The van der Waals surface area contributed by atoms with E-state index in [0.717, 1.165) is 11.8 Å². The molecule has 16 heavy (non-hydrogen) atoms. The zero-order chi connectivity index (χ0) is 11.8.